The molecule has 2 aromatic rings. The summed E-state index contributed by atoms with van der Waals surface area (Å²) in [5, 5.41) is 16.5. The van der Waals surface area contributed by atoms with Crippen LogP contribution >= 0.6 is 23.5 Å². The molecule has 8 heteroatoms. The average molecular weight is 435 g/mol. The molecule has 2 N–H and O–H groups in total. The van der Waals surface area contributed by atoms with Gasteiger partial charge in [-0.25, -0.2) is 0 Å². The normalized spacial score (nSPS) is 11.8. The van der Waals surface area contributed by atoms with E-state index in [1.54, 1.807) is 11.8 Å². The third-order valence-electron chi connectivity index (χ3n) is 4.10. The van der Waals surface area contributed by atoms with Crippen LogP contribution in [0.2, 0.25) is 0 Å². The summed E-state index contributed by atoms with van der Waals surface area (Å²) in [5.41, 5.74) is 0. The van der Waals surface area contributed by atoms with Crippen molar-refractivity contribution >= 4 is 29.5 Å². The second-order valence-corrected chi connectivity index (χ2v) is 9.00. The van der Waals surface area contributed by atoms with E-state index < -0.39 is 0 Å². The van der Waals surface area contributed by atoms with Gasteiger partial charge in [-0.3, -0.25) is 4.99 Å². The van der Waals surface area contributed by atoms with Crippen molar-refractivity contribution in [3.05, 3.63) is 36.2 Å². The predicted octanol–water partition coefficient (Wildman–Crippen LogP) is 3.94. The molecule has 0 spiro atoms. The molecule has 0 aliphatic rings. The predicted molar refractivity (Wildman–Crippen MR) is 126 cm³/mol. The lowest BCUT2D eigenvalue weighted by atomic mass is 10.2. The molecule has 29 heavy (non-hydrogen) atoms. The molecule has 160 valence electrons. The number of hydrogen-bond acceptors (Lipinski definition) is 5. The number of thioether (sulfide) groups is 2. The van der Waals surface area contributed by atoms with Gasteiger partial charge in [0, 0.05) is 43.2 Å². The van der Waals surface area contributed by atoms with Crippen LogP contribution in [0, 0.1) is 5.92 Å². The highest BCUT2D eigenvalue weighted by Gasteiger charge is 2.12. The van der Waals surface area contributed by atoms with Gasteiger partial charge in [-0.15, -0.1) is 22.0 Å². The van der Waals surface area contributed by atoms with Crippen LogP contribution < -0.4 is 10.6 Å². The fraction of sp³-hybridized carbons (Fsp3) is 0.571. The minimum atomic E-state index is 0.576. The summed E-state index contributed by atoms with van der Waals surface area (Å²) in [7, 11) is 0. The fourth-order valence-electron chi connectivity index (χ4n) is 2.83. The molecule has 0 fully saturated rings. The molecule has 0 amide bonds. The summed E-state index contributed by atoms with van der Waals surface area (Å²) in [6.07, 6.45) is 3.91. The van der Waals surface area contributed by atoms with Gasteiger partial charge >= 0.3 is 0 Å². The van der Waals surface area contributed by atoms with Crippen molar-refractivity contribution in [1.82, 2.24) is 25.4 Å². The summed E-state index contributed by atoms with van der Waals surface area (Å²) in [6.45, 7) is 10.0. The summed E-state index contributed by atoms with van der Waals surface area (Å²) in [6, 6.07) is 10.5. The second-order valence-electron chi connectivity index (χ2n) is 7.06. The number of rotatable bonds is 12. The Morgan fingerprint density at radius 2 is 1.97 bits per heavy atom. The number of aryl methyl sites for hydroxylation is 1. The van der Waals surface area contributed by atoms with Gasteiger partial charge in [-0.2, -0.15) is 0 Å². The smallest absolute Gasteiger partial charge is 0.191 e. The monoisotopic (exact) mass is 434 g/mol. The van der Waals surface area contributed by atoms with Crippen LogP contribution in [0.1, 0.15) is 33.0 Å². The lowest BCUT2D eigenvalue weighted by Crippen LogP contribution is -2.38. The molecule has 1 heterocycles. The van der Waals surface area contributed by atoms with Crippen molar-refractivity contribution in [2.75, 3.05) is 31.6 Å². The Morgan fingerprint density at radius 3 is 2.66 bits per heavy atom. The fourth-order valence-corrected chi connectivity index (χ4v) is 4.14. The molecule has 0 saturated carbocycles. The zero-order valence-electron chi connectivity index (χ0n) is 18.0. The molecular formula is C21H34N6S2. The number of aromatic nitrogens is 3. The van der Waals surface area contributed by atoms with E-state index in [0.29, 0.717) is 5.92 Å². The first-order valence-electron chi connectivity index (χ1n) is 10.3. The van der Waals surface area contributed by atoms with Gasteiger partial charge < -0.3 is 15.2 Å². The standard InChI is InChI=1S/C21H34N6S2/c1-5-22-20(24-14-15-29-18-10-7-6-8-11-18)23-13-9-12-19-25-26-21(28-4)27(19)16-17(2)3/h6-8,10-11,17H,5,9,12-16H2,1-4H3,(H2,22,23,24). The molecule has 0 atom stereocenters. The molecular weight excluding hydrogens is 400 g/mol. The zero-order chi connectivity index (χ0) is 20.9. The van der Waals surface area contributed by atoms with Crippen LogP contribution in [0.3, 0.4) is 0 Å². The van der Waals surface area contributed by atoms with Crippen LogP contribution in [0.15, 0.2) is 45.4 Å². The maximum absolute atomic E-state index is 4.71. The molecule has 0 saturated heterocycles. The number of aliphatic imine (C=N–C) groups is 1. The topological polar surface area (TPSA) is 67.1 Å². The quantitative estimate of drug-likeness (QED) is 0.228. The van der Waals surface area contributed by atoms with E-state index >= 15 is 0 Å². The van der Waals surface area contributed by atoms with E-state index in [4.69, 9.17) is 4.99 Å². The molecule has 2 rings (SSSR count). The minimum absolute atomic E-state index is 0.576. The van der Waals surface area contributed by atoms with Crippen LogP contribution in [0.25, 0.3) is 0 Å². The molecule has 6 nitrogen and oxygen atoms in total. The Labute approximate surface area is 183 Å². The number of hydrogen-bond donors (Lipinski definition) is 2. The van der Waals surface area contributed by atoms with Crippen molar-refractivity contribution in [3.63, 3.8) is 0 Å². The summed E-state index contributed by atoms with van der Waals surface area (Å²) in [5.74, 6) is 3.53. The molecule has 0 bridgehead atoms. The maximum Gasteiger partial charge on any atom is 0.191 e. The molecule has 0 radical (unpaired) electrons. The van der Waals surface area contributed by atoms with Crippen LogP contribution in [0.5, 0.6) is 0 Å². The maximum atomic E-state index is 4.71. The number of nitrogens with one attached hydrogen (secondary N) is 2. The minimum Gasteiger partial charge on any atom is -0.357 e. The van der Waals surface area contributed by atoms with Gasteiger partial charge in [0.25, 0.3) is 0 Å². The summed E-state index contributed by atoms with van der Waals surface area (Å²) >= 11 is 3.51. The third kappa shape index (κ3) is 8.70. The van der Waals surface area contributed by atoms with E-state index in [0.717, 1.165) is 61.7 Å². The zero-order valence-corrected chi connectivity index (χ0v) is 19.7. The Kier molecular flexibility index (Phi) is 11.0. The first-order chi connectivity index (χ1) is 14.1. The first kappa shape index (κ1) is 23.6. The van der Waals surface area contributed by atoms with Crippen molar-refractivity contribution in [2.45, 2.75) is 50.2 Å². The van der Waals surface area contributed by atoms with E-state index in [1.807, 2.05) is 17.8 Å². The molecule has 1 aromatic carbocycles. The van der Waals surface area contributed by atoms with Crippen molar-refractivity contribution in [2.24, 2.45) is 10.9 Å². The number of nitrogens with zero attached hydrogens (tertiary/aromatic N) is 4. The van der Waals surface area contributed by atoms with Crippen LogP contribution in [-0.4, -0.2) is 52.4 Å². The van der Waals surface area contributed by atoms with E-state index in [9.17, 15) is 0 Å². The molecule has 0 aliphatic carbocycles. The highest BCUT2D eigenvalue weighted by Crippen LogP contribution is 2.17. The largest absolute Gasteiger partial charge is 0.357 e. The lowest BCUT2D eigenvalue weighted by Gasteiger charge is -2.12. The van der Waals surface area contributed by atoms with Crippen LogP contribution in [0.4, 0.5) is 0 Å². The molecule has 0 unspecified atom stereocenters. The second kappa shape index (κ2) is 13.5. The van der Waals surface area contributed by atoms with Crippen molar-refractivity contribution in [1.29, 1.82) is 0 Å². The van der Waals surface area contributed by atoms with Crippen molar-refractivity contribution < 1.29 is 0 Å². The van der Waals surface area contributed by atoms with Crippen molar-refractivity contribution in [3.8, 4) is 0 Å². The Balaban J connectivity index is 1.77. The highest BCUT2D eigenvalue weighted by molar-refractivity contribution is 7.99. The molecule has 1 aromatic heterocycles. The van der Waals surface area contributed by atoms with Crippen LogP contribution in [-0.2, 0) is 13.0 Å². The Hall–Kier alpha value is -1.67. The SMILES string of the molecule is CCNC(=NCCCc1nnc(SC)n1CC(C)C)NCCSc1ccccc1. The van der Waals surface area contributed by atoms with Gasteiger partial charge in [-0.1, -0.05) is 43.8 Å². The van der Waals surface area contributed by atoms with E-state index in [2.05, 4.69) is 76.7 Å². The first-order valence-corrected chi connectivity index (χ1v) is 12.5. The van der Waals surface area contributed by atoms with Gasteiger partial charge in [0.15, 0.2) is 11.1 Å². The summed E-state index contributed by atoms with van der Waals surface area (Å²) < 4.78 is 2.25. The lowest BCUT2D eigenvalue weighted by molar-refractivity contribution is 0.477. The van der Waals surface area contributed by atoms with Gasteiger partial charge in [0.2, 0.25) is 0 Å². The average Bonchev–Trinajstić information content (AvgIpc) is 3.10. The highest BCUT2D eigenvalue weighted by atomic mass is 32.2. The Morgan fingerprint density at radius 1 is 1.17 bits per heavy atom. The van der Waals surface area contributed by atoms with Gasteiger partial charge in [0.05, 0.1) is 0 Å². The summed E-state index contributed by atoms with van der Waals surface area (Å²) in [4.78, 5) is 6.01. The van der Waals surface area contributed by atoms with Gasteiger partial charge in [-0.05, 0) is 37.7 Å². The number of guanidine groups is 1. The van der Waals surface area contributed by atoms with Gasteiger partial charge in [0.1, 0.15) is 5.82 Å². The Bertz CT molecular complexity index is 730. The number of benzene rings is 1. The van der Waals surface area contributed by atoms with E-state index in [-0.39, 0.29) is 0 Å². The van der Waals surface area contributed by atoms with E-state index in [1.165, 1.54) is 4.90 Å². The molecule has 0 aliphatic heterocycles. The third-order valence-corrected chi connectivity index (χ3v) is 5.78.